The van der Waals surface area contributed by atoms with Crippen LogP contribution in [0.4, 0.5) is 0 Å². The van der Waals surface area contributed by atoms with Crippen molar-refractivity contribution in [2.24, 2.45) is 0 Å². The summed E-state index contributed by atoms with van der Waals surface area (Å²) in [4.78, 5) is 0. The van der Waals surface area contributed by atoms with Gasteiger partial charge in [0.15, 0.2) is 0 Å². The summed E-state index contributed by atoms with van der Waals surface area (Å²) >= 11 is 5.06. The molecule has 0 atom stereocenters. The van der Waals surface area contributed by atoms with E-state index in [1.807, 2.05) is 0 Å². The minimum atomic E-state index is 0.170. The van der Waals surface area contributed by atoms with Crippen molar-refractivity contribution in [3.63, 3.8) is 0 Å². The van der Waals surface area contributed by atoms with Crippen LogP contribution >= 0.6 is 36.1 Å². The second kappa shape index (κ2) is 8.40. The molecule has 0 bridgehead atoms. The van der Waals surface area contributed by atoms with Crippen molar-refractivity contribution in [1.29, 1.82) is 0 Å². The average molecular weight is 503 g/mol. The van der Waals surface area contributed by atoms with Crippen LogP contribution in [0, 0.1) is 0 Å². The maximum atomic E-state index is 2.45. The fourth-order valence-electron chi connectivity index (χ4n) is 1.83. The SMILES string of the molecule is CCCC1=Cc2ccccc2C1.[I][Zr][I]. The molecule has 2 rings (SSSR count). The van der Waals surface area contributed by atoms with Gasteiger partial charge in [-0.25, -0.2) is 0 Å². The molecule has 3 heteroatoms. The van der Waals surface area contributed by atoms with Gasteiger partial charge >= 0.3 is 50.9 Å². The molecule has 0 radical (unpaired) electrons. The van der Waals surface area contributed by atoms with Crippen molar-refractivity contribution >= 4 is 42.2 Å². The first-order valence-corrected chi connectivity index (χ1v) is 19.7. The van der Waals surface area contributed by atoms with Crippen LogP contribution in [0.25, 0.3) is 6.08 Å². The molecular formula is C12H14I2Zr. The Morgan fingerprint density at radius 3 is 2.53 bits per heavy atom. The average Bonchev–Trinajstić information content (AvgIpc) is 2.61. The minimum absolute atomic E-state index is 0.170. The third kappa shape index (κ3) is 4.99. The van der Waals surface area contributed by atoms with Crippen molar-refractivity contribution in [1.82, 2.24) is 0 Å². The molecular weight excluding hydrogens is 489 g/mol. The van der Waals surface area contributed by atoms with Crippen LogP contribution in [0.2, 0.25) is 0 Å². The molecule has 0 aliphatic heterocycles. The van der Waals surface area contributed by atoms with Gasteiger partial charge in [-0.1, -0.05) is 49.3 Å². The van der Waals surface area contributed by atoms with E-state index < -0.39 is 0 Å². The van der Waals surface area contributed by atoms with Gasteiger partial charge in [-0.05, 0) is 24.0 Å². The summed E-state index contributed by atoms with van der Waals surface area (Å²) in [6.07, 6.45) is 6.05. The van der Waals surface area contributed by atoms with E-state index in [-0.39, 0.29) is 14.9 Å². The molecule has 0 N–H and O–H groups in total. The second-order valence-electron chi connectivity index (χ2n) is 3.50. The number of hydrogen-bond acceptors (Lipinski definition) is 0. The fourth-order valence-corrected chi connectivity index (χ4v) is 1.83. The standard InChI is InChI=1S/C12H14.2HI.Zr/c1-2-5-10-8-11-6-3-4-7-12(11)9-10;;;/h3-4,6-8H,2,5,9H2,1H3;2*1H;/q;;;+2/p-2. The van der Waals surface area contributed by atoms with Gasteiger partial charge in [0.2, 0.25) is 0 Å². The fraction of sp³-hybridized carbons (Fsp3) is 0.333. The Kier molecular flexibility index (Phi) is 8.05. The molecule has 0 saturated heterocycles. The monoisotopic (exact) mass is 502 g/mol. The van der Waals surface area contributed by atoms with Crippen molar-refractivity contribution in [2.75, 3.05) is 0 Å². The molecule has 1 aliphatic rings. The second-order valence-corrected chi connectivity index (χ2v) is 22.4. The van der Waals surface area contributed by atoms with Crippen LogP contribution in [-0.2, 0) is 21.3 Å². The predicted molar refractivity (Wildman–Crippen MR) is 81.1 cm³/mol. The molecule has 0 amide bonds. The van der Waals surface area contributed by atoms with E-state index in [0.717, 1.165) is 0 Å². The zero-order valence-electron chi connectivity index (χ0n) is 8.76. The molecule has 0 saturated carbocycles. The van der Waals surface area contributed by atoms with Crippen LogP contribution < -0.4 is 0 Å². The first kappa shape index (κ1) is 14.4. The maximum absolute atomic E-state index is 2.45. The Morgan fingerprint density at radius 1 is 1.27 bits per heavy atom. The number of hydrogen-bond donors (Lipinski definition) is 0. The first-order valence-electron chi connectivity index (χ1n) is 5.05. The number of benzene rings is 1. The van der Waals surface area contributed by atoms with Crippen LogP contribution in [0.3, 0.4) is 0 Å². The Balaban J connectivity index is 0.000000337. The van der Waals surface area contributed by atoms with Crippen LogP contribution in [0.15, 0.2) is 29.8 Å². The Morgan fingerprint density at radius 2 is 1.93 bits per heavy atom. The van der Waals surface area contributed by atoms with Crippen LogP contribution in [0.1, 0.15) is 30.9 Å². The van der Waals surface area contributed by atoms with Crippen molar-refractivity contribution in [3.8, 4) is 0 Å². The molecule has 0 fully saturated rings. The summed E-state index contributed by atoms with van der Waals surface area (Å²) in [5.41, 5.74) is 4.53. The molecule has 1 aliphatic carbocycles. The van der Waals surface area contributed by atoms with Gasteiger partial charge in [0.25, 0.3) is 0 Å². The van der Waals surface area contributed by atoms with Gasteiger partial charge < -0.3 is 0 Å². The Hall–Kier alpha value is 1.30. The summed E-state index contributed by atoms with van der Waals surface area (Å²) in [5.74, 6) is 0. The van der Waals surface area contributed by atoms with E-state index in [0.29, 0.717) is 0 Å². The van der Waals surface area contributed by atoms with Crippen LogP contribution in [0.5, 0.6) is 0 Å². The molecule has 0 unspecified atom stereocenters. The third-order valence-corrected chi connectivity index (χ3v) is 2.40. The van der Waals surface area contributed by atoms with E-state index in [1.165, 1.54) is 30.4 Å². The molecule has 0 aromatic heterocycles. The van der Waals surface area contributed by atoms with Crippen molar-refractivity contribution in [3.05, 3.63) is 41.0 Å². The summed E-state index contributed by atoms with van der Waals surface area (Å²) in [6.45, 7) is 2.24. The molecule has 1 aromatic rings. The summed E-state index contributed by atoms with van der Waals surface area (Å²) < 4.78 is 0. The number of fused-ring (bicyclic) bond motifs is 1. The Bertz CT molecular complexity index is 334. The number of allylic oxidation sites excluding steroid dienone is 1. The number of rotatable bonds is 2. The van der Waals surface area contributed by atoms with E-state index in [9.17, 15) is 0 Å². The van der Waals surface area contributed by atoms with E-state index in [2.05, 4.69) is 73.4 Å². The molecule has 1 aromatic carbocycles. The summed E-state index contributed by atoms with van der Waals surface area (Å²) in [5, 5.41) is 0. The van der Waals surface area contributed by atoms with Crippen LogP contribution in [-0.4, -0.2) is 0 Å². The van der Waals surface area contributed by atoms with Gasteiger partial charge in [0.1, 0.15) is 0 Å². The number of halogens is 2. The molecule has 0 nitrogen and oxygen atoms in total. The Labute approximate surface area is 122 Å². The summed E-state index contributed by atoms with van der Waals surface area (Å²) in [6, 6.07) is 8.68. The van der Waals surface area contributed by atoms with E-state index in [1.54, 1.807) is 5.57 Å². The van der Waals surface area contributed by atoms with E-state index in [4.69, 9.17) is 0 Å². The van der Waals surface area contributed by atoms with Crippen molar-refractivity contribution in [2.45, 2.75) is 26.2 Å². The third-order valence-electron chi connectivity index (χ3n) is 2.40. The quantitative estimate of drug-likeness (QED) is 0.488. The van der Waals surface area contributed by atoms with Crippen molar-refractivity contribution < 1.29 is 14.9 Å². The first-order chi connectivity index (χ1) is 7.31. The normalized spacial score (nSPS) is 12.3. The molecule has 80 valence electrons. The topological polar surface area (TPSA) is 0 Å². The molecule has 0 spiro atoms. The zero-order chi connectivity index (χ0) is 11.1. The predicted octanol–water partition coefficient (Wildman–Crippen LogP) is 5.20. The molecule has 15 heavy (non-hydrogen) atoms. The van der Waals surface area contributed by atoms with Gasteiger partial charge in [-0.2, -0.15) is 0 Å². The van der Waals surface area contributed by atoms with Gasteiger partial charge in [0, 0.05) is 0 Å². The summed E-state index contributed by atoms with van der Waals surface area (Å²) in [7, 11) is 0. The van der Waals surface area contributed by atoms with Gasteiger partial charge in [-0.3, -0.25) is 0 Å². The van der Waals surface area contributed by atoms with Gasteiger partial charge in [-0.15, -0.1) is 0 Å². The molecule has 0 heterocycles. The zero-order valence-corrected chi connectivity index (χ0v) is 15.5. The van der Waals surface area contributed by atoms with E-state index >= 15 is 0 Å². The van der Waals surface area contributed by atoms with Gasteiger partial charge in [0.05, 0.1) is 0 Å².